The minimum absolute atomic E-state index is 0.132. The SMILES string of the molecule is O=C([C@@H]1CCCCN1)N1CC2CCCC2C1. The van der Waals surface area contributed by atoms with Gasteiger partial charge in [-0.2, -0.15) is 0 Å². The van der Waals surface area contributed by atoms with E-state index in [-0.39, 0.29) is 6.04 Å². The lowest BCUT2D eigenvalue weighted by atomic mass is 10.0. The summed E-state index contributed by atoms with van der Waals surface area (Å²) in [5, 5.41) is 3.37. The van der Waals surface area contributed by atoms with Crippen LogP contribution in [-0.2, 0) is 4.79 Å². The third-order valence-corrected chi connectivity index (χ3v) is 4.65. The van der Waals surface area contributed by atoms with E-state index in [1.807, 2.05) is 0 Å². The van der Waals surface area contributed by atoms with Crippen LogP contribution in [0.1, 0.15) is 38.5 Å². The molecule has 0 bridgehead atoms. The van der Waals surface area contributed by atoms with E-state index in [4.69, 9.17) is 0 Å². The average Bonchev–Trinajstić information content (AvgIpc) is 2.89. The second kappa shape index (κ2) is 4.36. The van der Waals surface area contributed by atoms with Gasteiger partial charge in [0.15, 0.2) is 0 Å². The molecule has 3 atom stereocenters. The van der Waals surface area contributed by atoms with Crippen LogP contribution in [-0.4, -0.2) is 36.5 Å². The topological polar surface area (TPSA) is 32.3 Å². The van der Waals surface area contributed by atoms with E-state index in [2.05, 4.69) is 10.2 Å². The quantitative estimate of drug-likeness (QED) is 0.727. The molecule has 3 nitrogen and oxygen atoms in total. The number of nitrogens with one attached hydrogen (secondary N) is 1. The first-order valence-corrected chi connectivity index (χ1v) is 6.87. The number of hydrogen-bond donors (Lipinski definition) is 1. The molecule has 2 unspecified atom stereocenters. The molecule has 16 heavy (non-hydrogen) atoms. The molecule has 2 saturated heterocycles. The number of nitrogens with zero attached hydrogens (tertiary/aromatic N) is 1. The summed E-state index contributed by atoms with van der Waals surface area (Å²) in [5.74, 6) is 2.04. The molecule has 3 fully saturated rings. The van der Waals surface area contributed by atoms with E-state index in [9.17, 15) is 4.79 Å². The molecule has 1 saturated carbocycles. The highest BCUT2D eigenvalue weighted by Crippen LogP contribution is 2.38. The standard InChI is InChI=1S/C13H22N2O/c16-13(12-6-1-2-7-14-12)15-8-10-4-3-5-11(10)9-15/h10-12,14H,1-9H2/t10?,11?,12-/m0/s1. The lowest BCUT2D eigenvalue weighted by Crippen LogP contribution is -2.48. The van der Waals surface area contributed by atoms with Crippen LogP contribution in [0.15, 0.2) is 0 Å². The molecule has 0 aromatic heterocycles. The van der Waals surface area contributed by atoms with Crippen LogP contribution < -0.4 is 5.32 Å². The fraction of sp³-hybridized carbons (Fsp3) is 0.923. The molecule has 3 rings (SSSR count). The van der Waals surface area contributed by atoms with Crippen LogP contribution in [0.3, 0.4) is 0 Å². The molecule has 0 aromatic rings. The monoisotopic (exact) mass is 222 g/mol. The van der Waals surface area contributed by atoms with Crippen molar-refractivity contribution >= 4 is 5.91 Å². The molecule has 0 spiro atoms. The summed E-state index contributed by atoms with van der Waals surface area (Å²) in [7, 11) is 0. The molecule has 2 aliphatic heterocycles. The van der Waals surface area contributed by atoms with E-state index in [0.717, 1.165) is 37.9 Å². The minimum Gasteiger partial charge on any atom is -0.341 e. The zero-order chi connectivity index (χ0) is 11.0. The van der Waals surface area contributed by atoms with Gasteiger partial charge in [-0.25, -0.2) is 0 Å². The Kier molecular flexibility index (Phi) is 2.88. The smallest absolute Gasteiger partial charge is 0.239 e. The highest BCUT2D eigenvalue weighted by Gasteiger charge is 2.39. The van der Waals surface area contributed by atoms with Crippen molar-refractivity contribution in [2.75, 3.05) is 19.6 Å². The number of hydrogen-bond acceptors (Lipinski definition) is 2. The fourth-order valence-corrected chi connectivity index (χ4v) is 3.70. The summed E-state index contributed by atoms with van der Waals surface area (Å²) >= 11 is 0. The molecule has 3 heteroatoms. The normalized spacial score (nSPS) is 38.8. The molecule has 1 amide bonds. The van der Waals surface area contributed by atoms with Crippen LogP contribution in [0.2, 0.25) is 0 Å². The Bertz CT molecular complexity index is 261. The second-order valence-electron chi connectivity index (χ2n) is 5.70. The van der Waals surface area contributed by atoms with Crippen LogP contribution in [0, 0.1) is 11.8 Å². The predicted octanol–water partition coefficient (Wildman–Crippen LogP) is 1.39. The van der Waals surface area contributed by atoms with Gasteiger partial charge < -0.3 is 10.2 Å². The Labute approximate surface area is 97.6 Å². The zero-order valence-corrected chi connectivity index (χ0v) is 9.95. The molecule has 0 aromatic carbocycles. The molecular formula is C13H22N2O. The first-order valence-electron chi connectivity index (χ1n) is 6.87. The lowest BCUT2D eigenvalue weighted by Gasteiger charge is -2.27. The number of likely N-dealkylation sites (tertiary alicyclic amines) is 1. The van der Waals surface area contributed by atoms with Gasteiger partial charge in [0.25, 0.3) is 0 Å². The van der Waals surface area contributed by atoms with Crippen molar-refractivity contribution in [3.8, 4) is 0 Å². The summed E-state index contributed by atoms with van der Waals surface area (Å²) in [4.78, 5) is 14.4. The van der Waals surface area contributed by atoms with Crippen LogP contribution in [0.25, 0.3) is 0 Å². The molecule has 90 valence electrons. The molecule has 3 aliphatic rings. The maximum absolute atomic E-state index is 12.3. The van der Waals surface area contributed by atoms with E-state index < -0.39 is 0 Å². The van der Waals surface area contributed by atoms with Crippen molar-refractivity contribution in [1.29, 1.82) is 0 Å². The van der Waals surface area contributed by atoms with Gasteiger partial charge in [0, 0.05) is 13.1 Å². The lowest BCUT2D eigenvalue weighted by molar-refractivity contribution is -0.133. The summed E-state index contributed by atoms with van der Waals surface area (Å²) in [6, 6.07) is 0.132. The third-order valence-electron chi connectivity index (χ3n) is 4.65. The van der Waals surface area contributed by atoms with Gasteiger partial charge in [0.05, 0.1) is 6.04 Å². The highest BCUT2D eigenvalue weighted by molar-refractivity contribution is 5.82. The average molecular weight is 222 g/mol. The fourth-order valence-electron chi connectivity index (χ4n) is 3.70. The van der Waals surface area contributed by atoms with Crippen molar-refractivity contribution in [3.63, 3.8) is 0 Å². The number of carbonyl (C=O) groups excluding carboxylic acids is 1. The van der Waals surface area contributed by atoms with Crippen molar-refractivity contribution in [2.24, 2.45) is 11.8 Å². The van der Waals surface area contributed by atoms with Gasteiger partial charge in [0.1, 0.15) is 0 Å². The van der Waals surface area contributed by atoms with Crippen LogP contribution >= 0.6 is 0 Å². The van der Waals surface area contributed by atoms with Gasteiger partial charge in [-0.05, 0) is 44.1 Å². The predicted molar refractivity (Wildman–Crippen MR) is 63.1 cm³/mol. The Morgan fingerprint density at radius 3 is 2.38 bits per heavy atom. The van der Waals surface area contributed by atoms with E-state index in [1.54, 1.807) is 0 Å². The Morgan fingerprint density at radius 1 is 1.00 bits per heavy atom. The van der Waals surface area contributed by atoms with Gasteiger partial charge in [-0.3, -0.25) is 4.79 Å². The summed E-state index contributed by atoms with van der Waals surface area (Å²) in [5.41, 5.74) is 0. The second-order valence-corrected chi connectivity index (χ2v) is 5.70. The summed E-state index contributed by atoms with van der Waals surface area (Å²) in [6.45, 7) is 3.11. The van der Waals surface area contributed by atoms with E-state index in [0.29, 0.717) is 5.91 Å². The highest BCUT2D eigenvalue weighted by atomic mass is 16.2. The zero-order valence-electron chi connectivity index (χ0n) is 9.95. The first-order chi connectivity index (χ1) is 7.84. The summed E-state index contributed by atoms with van der Waals surface area (Å²) < 4.78 is 0. The van der Waals surface area contributed by atoms with Gasteiger partial charge in [0.2, 0.25) is 5.91 Å². The Balaban J connectivity index is 1.59. The van der Waals surface area contributed by atoms with E-state index in [1.165, 1.54) is 32.1 Å². The van der Waals surface area contributed by atoms with Crippen LogP contribution in [0.5, 0.6) is 0 Å². The maximum atomic E-state index is 12.3. The molecule has 2 heterocycles. The van der Waals surface area contributed by atoms with Crippen molar-refractivity contribution in [3.05, 3.63) is 0 Å². The molecule has 1 aliphatic carbocycles. The van der Waals surface area contributed by atoms with Crippen molar-refractivity contribution in [1.82, 2.24) is 10.2 Å². The minimum atomic E-state index is 0.132. The van der Waals surface area contributed by atoms with Gasteiger partial charge >= 0.3 is 0 Å². The van der Waals surface area contributed by atoms with Gasteiger partial charge in [-0.1, -0.05) is 12.8 Å². The van der Waals surface area contributed by atoms with Crippen LogP contribution in [0.4, 0.5) is 0 Å². The van der Waals surface area contributed by atoms with E-state index >= 15 is 0 Å². The molecule has 0 radical (unpaired) electrons. The summed E-state index contributed by atoms with van der Waals surface area (Å²) in [6.07, 6.45) is 7.59. The van der Waals surface area contributed by atoms with Crippen molar-refractivity contribution in [2.45, 2.75) is 44.6 Å². The molecular weight excluding hydrogens is 200 g/mol. The third kappa shape index (κ3) is 1.86. The number of amides is 1. The number of carbonyl (C=O) groups is 1. The number of rotatable bonds is 1. The number of fused-ring (bicyclic) bond motifs is 1. The Hall–Kier alpha value is -0.570. The Morgan fingerprint density at radius 2 is 1.75 bits per heavy atom. The maximum Gasteiger partial charge on any atom is 0.239 e. The largest absolute Gasteiger partial charge is 0.341 e. The number of piperidine rings is 1. The van der Waals surface area contributed by atoms with Gasteiger partial charge in [-0.15, -0.1) is 0 Å². The van der Waals surface area contributed by atoms with Crippen molar-refractivity contribution < 1.29 is 4.79 Å². The first kappa shape index (κ1) is 10.6. The molecule has 1 N–H and O–H groups in total.